The Morgan fingerprint density at radius 2 is 1.82 bits per heavy atom. The monoisotopic (exact) mass is 295 g/mol. The molecule has 0 spiro atoms. The first kappa shape index (κ1) is 13.7. The first-order chi connectivity index (χ1) is 10.8. The largest absolute Gasteiger partial charge is 0.339 e. The fourth-order valence-corrected chi connectivity index (χ4v) is 3.87. The average Bonchev–Trinajstić information content (AvgIpc) is 2.92. The lowest BCUT2D eigenvalue weighted by Gasteiger charge is -2.21. The maximum absolute atomic E-state index is 13.0. The van der Waals surface area contributed by atoms with E-state index in [-0.39, 0.29) is 5.91 Å². The summed E-state index contributed by atoms with van der Waals surface area (Å²) in [5.74, 6) is 1.61. The van der Waals surface area contributed by atoms with Crippen LogP contribution in [-0.2, 0) is 0 Å². The summed E-state index contributed by atoms with van der Waals surface area (Å²) in [7, 11) is 0. The van der Waals surface area contributed by atoms with E-state index in [1.165, 1.54) is 0 Å². The van der Waals surface area contributed by atoms with Crippen LogP contribution >= 0.6 is 0 Å². The Balaban J connectivity index is 1.60. The minimum atomic E-state index is 0.136. The van der Waals surface area contributed by atoms with Gasteiger partial charge in [0.15, 0.2) is 0 Å². The molecule has 22 heavy (non-hydrogen) atoms. The van der Waals surface area contributed by atoms with E-state index in [9.17, 15) is 4.79 Å². The molecule has 2 fully saturated rings. The van der Waals surface area contributed by atoms with Crippen molar-refractivity contribution in [2.24, 2.45) is 11.8 Å². The van der Waals surface area contributed by atoms with Crippen LogP contribution < -0.4 is 5.32 Å². The molecule has 114 valence electrons. The number of nitrogens with zero attached hydrogens (tertiary/aromatic N) is 2. The molecule has 0 aliphatic carbocycles. The van der Waals surface area contributed by atoms with Crippen LogP contribution in [0.25, 0.3) is 10.9 Å². The Morgan fingerprint density at radius 3 is 2.59 bits per heavy atom. The molecule has 0 radical (unpaired) electrons. The molecule has 4 nitrogen and oxygen atoms in total. The van der Waals surface area contributed by atoms with Crippen molar-refractivity contribution in [1.82, 2.24) is 15.2 Å². The molecule has 0 bridgehead atoms. The Labute approximate surface area is 130 Å². The molecule has 3 heterocycles. The maximum Gasteiger partial charge on any atom is 0.256 e. The average molecular weight is 295 g/mol. The van der Waals surface area contributed by atoms with Crippen LogP contribution in [0, 0.1) is 11.8 Å². The molecule has 0 unspecified atom stereocenters. The van der Waals surface area contributed by atoms with Gasteiger partial charge in [-0.05, 0) is 49.9 Å². The molecule has 2 saturated heterocycles. The standard InChI is InChI=1S/C18H21N3O/c22-18(16-5-1-3-13-4-2-8-20-17(13)16)21-9-6-14-11-19-12-15(14)7-10-21/h1-5,8,14-15,19H,6-7,9-12H2/t14-,15+. The van der Waals surface area contributed by atoms with Crippen LogP contribution in [0.2, 0.25) is 0 Å². The molecule has 1 N–H and O–H groups in total. The highest BCUT2D eigenvalue weighted by Crippen LogP contribution is 2.28. The van der Waals surface area contributed by atoms with Gasteiger partial charge in [0.25, 0.3) is 5.91 Å². The first-order valence-corrected chi connectivity index (χ1v) is 8.16. The number of hydrogen-bond acceptors (Lipinski definition) is 3. The van der Waals surface area contributed by atoms with Gasteiger partial charge in [0.2, 0.25) is 0 Å². The fourth-order valence-electron chi connectivity index (χ4n) is 3.87. The van der Waals surface area contributed by atoms with Gasteiger partial charge >= 0.3 is 0 Å². The topological polar surface area (TPSA) is 45.2 Å². The Kier molecular flexibility index (Phi) is 3.54. The zero-order valence-electron chi connectivity index (χ0n) is 12.7. The number of rotatable bonds is 1. The Bertz CT molecular complexity index is 680. The molecule has 4 heteroatoms. The third-order valence-electron chi connectivity index (χ3n) is 5.17. The van der Waals surface area contributed by atoms with Crippen LogP contribution in [0.15, 0.2) is 36.5 Å². The molecule has 2 aliphatic rings. The predicted octanol–water partition coefficient (Wildman–Crippen LogP) is 2.31. The number of nitrogens with one attached hydrogen (secondary N) is 1. The van der Waals surface area contributed by atoms with Crippen molar-refractivity contribution in [3.05, 3.63) is 42.1 Å². The highest BCUT2D eigenvalue weighted by atomic mass is 16.2. The number of fused-ring (bicyclic) bond motifs is 2. The Hall–Kier alpha value is -1.94. The van der Waals surface area contributed by atoms with E-state index in [0.717, 1.165) is 67.3 Å². The molecule has 4 rings (SSSR count). The van der Waals surface area contributed by atoms with Crippen LogP contribution in [0.5, 0.6) is 0 Å². The van der Waals surface area contributed by atoms with Crippen LogP contribution in [-0.4, -0.2) is 42.0 Å². The third-order valence-corrected chi connectivity index (χ3v) is 5.17. The van der Waals surface area contributed by atoms with E-state index in [1.807, 2.05) is 35.2 Å². The molecular formula is C18H21N3O. The second-order valence-corrected chi connectivity index (χ2v) is 6.43. The number of likely N-dealkylation sites (tertiary alicyclic amines) is 1. The molecule has 2 atom stereocenters. The molecule has 2 aliphatic heterocycles. The van der Waals surface area contributed by atoms with Gasteiger partial charge in [-0.25, -0.2) is 0 Å². The number of aromatic nitrogens is 1. The molecular weight excluding hydrogens is 274 g/mol. The lowest BCUT2D eigenvalue weighted by molar-refractivity contribution is 0.0760. The van der Waals surface area contributed by atoms with Gasteiger partial charge in [-0.3, -0.25) is 9.78 Å². The number of carbonyl (C=O) groups is 1. The van der Waals surface area contributed by atoms with Gasteiger partial charge in [0, 0.05) is 24.7 Å². The van der Waals surface area contributed by atoms with Crippen LogP contribution in [0.3, 0.4) is 0 Å². The number of carbonyl (C=O) groups excluding carboxylic acids is 1. The lowest BCUT2D eigenvalue weighted by Crippen LogP contribution is -2.33. The second kappa shape index (κ2) is 5.69. The third kappa shape index (κ3) is 2.37. The quantitative estimate of drug-likeness (QED) is 0.878. The minimum Gasteiger partial charge on any atom is -0.339 e. The van der Waals surface area contributed by atoms with Gasteiger partial charge in [0.05, 0.1) is 11.1 Å². The highest BCUT2D eigenvalue weighted by Gasteiger charge is 2.32. The second-order valence-electron chi connectivity index (χ2n) is 6.43. The van der Waals surface area contributed by atoms with Gasteiger partial charge in [0.1, 0.15) is 0 Å². The molecule has 1 amide bonds. The van der Waals surface area contributed by atoms with Crippen molar-refractivity contribution >= 4 is 16.8 Å². The SMILES string of the molecule is O=C(c1cccc2cccnc12)N1CC[C@@H]2CNC[C@@H]2CC1. The van der Waals surface area contributed by atoms with E-state index < -0.39 is 0 Å². The van der Waals surface area contributed by atoms with Crippen LogP contribution in [0.1, 0.15) is 23.2 Å². The number of amides is 1. The normalized spacial score (nSPS) is 25.0. The predicted molar refractivity (Wildman–Crippen MR) is 86.7 cm³/mol. The summed E-state index contributed by atoms with van der Waals surface area (Å²) in [5, 5.41) is 4.51. The summed E-state index contributed by atoms with van der Waals surface area (Å²) in [5.41, 5.74) is 1.56. The van der Waals surface area contributed by atoms with Crippen molar-refractivity contribution in [3.8, 4) is 0 Å². The van der Waals surface area contributed by atoms with Crippen molar-refractivity contribution in [3.63, 3.8) is 0 Å². The lowest BCUT2D eigenvalue weighted by atomic mass is 9.92. The highest BCUT2D eigenvalue weighted by molar-refractivity contribution is 6.05. The summed E-state index contributed by atoms with van der Waals surface area (Å²) in [6, 6.07) is 9.80. The number of hydrogen-bond donors (Lipinski definition) is 1. The van der Waals surface area contributed by atoms with Crippen molar-refractivity contribution in [2.75, 3.05) is 26.2 Å². The molecule has 1 aromatic heterocycles. The zero-order valence-corrected chi connectivity index (χ0v) is 12.7. The van der Waals surface area contributed by atoms with Gasteiger partial charge in [-0.15, -0.1) is 0 Å². The summed E-state index contributed by atoms with van der Waals surface area (Å²) in [6.07, 6.45) is 3.99. The number of para-hydroxylation sites is 1. The molecule has 2 aromatic rings. The molecule has 1 aromatic carbocycles. The van der Waals surface area contributed by atoms with Crippen molar-refractivity contribution in [2.45, 2.75) is 12.8 Å². The van der Waals surface area contributed by atoms with Gasteiger partial charge < -0.3 is 10.2 Å². The summed E-state index contributed by atoms with van der Waals surface area (Å²) in [4.78, 5) is 19.4. The Morgan fingerprint density at radius 1 is 1.09 bits per heavy atom. The molecule has 0 saturated carbocycles. The van der Waals surface area contributed by atoms with E-state index >= 15 is 0 Å². The first-order valence-electron chi connectivity index (χ1n) is 8.16. The summed E-state index contributed by atoms with van der Waals surface area (Å²) >= 11 is 0. The maximum atomic E-state index is 13.0. The smallest absolute Gasteiger partial charge is 0.256 e. The minimum absolute atomic E-state index is 0.136. The van der Waals surface area contributed by atoms with Crippen LogP contribution in [0.4, 0.5) is 0 Å². The fraction of sp³-hybridized carbons (Fsp3) is 0.444. The number of benzene rings is 1. The van der Waals surface area contributed by atoms with Crippen molar-refractivity contribution in [1.29, 1.82) is 0 Å². The zero-order chi connectivity index (χ0) is 14.9. The van der Waals surface area contributed by atoms with E-state index in [4.69, 9.17) is 0 Å². The summed E-state index contributed by atoms with van der Waals surface area (Å²) in [6.45, 7) is 3.96. The van der Waals surface area contributed by atoms with E-state index in [1.54, 1.807) is 6.20 Å². The summed E-state index contributed by atoms with van der Waals surface area (Å²) < 4.78 is 0. The number of pyridine rings is 1. The van der Waals surface area contributed by atoms with Crippen molar-refractivity contribution < 1.29 is 4.79 Å². The van der Waals surface area contributed by atoms with Gasteiger partial charge in [-0.2, -0.15) is 0 Å². The van der Waals surface area contributed by atoms with Gasteiger partial charge in [-0.1, -0.05) is 18.2 Å². The van der Waals surface area contributed by atoms with E-state index in [2.05, 4.69) is 10.3 Å². The van der Waals surface area contributed by atoms with E-state index in [0.29, 0.717) is 0 Å².